The molecular weight excluding hydrogens is 369 g/mol. The topological polar surface area (TPSA) is 63.5 Å². The van der Waals surface area contributed by atoms with E-state index < -0.39 is 0 Å². The molecule has 7 heteroatoms. The maximum Gasteiger partial charge on any atom is 0.166 e. The van der Waals surface area contributed by atoms with Gasteiger partial charge in [-0.25, -0.2) is 13.9 Å². The molecule has 1 saturated carbocycles. The van der Waals surface area contributed by atoms with E-state index in [1.807, 2.05) is 19.2 Å². The first-order chi connectivity index (χ1) is 14.1. The Hall–Kier alpha value is -3.09. The van der Waals surface area contributed by atoms with Crippen LogP contribution in [0.2, 0.25) is 0 Å². The minimum Gasteiger partial charge on any atom is -0.488 e. The number of hydrogen-bond donors (Lipinski definition) is 2. The summed E-state index contributed by atoms with van der Waals surface area (Å²) in [4.78, 5) is 4.73. The third-order valence-electron chi connectivity index (χ3n) is 5.84. The summed E-state index contributed by atoms with van der Waals surface area (Å²) in [6.45, 7) is 6.23. The first kappa shape index (κ1) is 18.0. The predicted octanol–water partition coefficient (Wildman–Crippen LogP) is 4.31. The molecular formula is C22H24FN5O. The average molecular weight is 393 g/mol. The fraction of sp³-hybridized carbons (Fsp3) is 0.364. The van der Waals surface area contributed by atoms with Crippen molar-refractivity contribution in [3.05, 3.63) is 60.2 Å². The van der Waals surface area contributed by atoms with Crippen LogP contribution in [0.15, 0.2) is 43.2 Å². The van der Waals surface area contributed by atoms with Gasteiger partial charge in [0.2, 0.25) is 0 Å². The molecule has 2 aliphatic rings. The summed E-state index contributed by atoms with van der Waals surface area (Å²) in [5.41, 5.74) is 3.17. The van der Waals surface area contributed by atoms with Crippen molar-refractivity contribution in [2.45, 2.75) is 50.8 Å². The molecule has 29 heavy (non-hydrogen) atoms. The minimum absolute atomic E-state index is 0.0141. The standard InChI is InChI=1S/C22H24FN5O/c1-13-16-11-15(23)7-8-19(16)29-20-6-4-3-5-18(20)25-14(2)17-12-24-28-10-9-21(26-13)27-22(17)28/h7-13,18,20,25H,2-6H2,1H3,(H,26,27)/t13-,18-,20+/m1/s1. The Bertz CT molecular complexity index is 1080. The van der Waals surface area contributed by atoms with E-state index in [9.17, 15) is 4.39 Å². The van der Waals surface area contributed by atoms with Gasteiger partial charge in [0.1, 0.15) is 23.5 Å². The highest BCUT2D eigenvalue weighted by atomic mass is 19.1. The maximum atomic E-state index is 14.1. The van der Waals surface area contributed by atoms with Gasteiger partial charge in [0.25, 0.3) is 0 Å². The number of halogens is 1. The lowest BCUT2D eigenvalue weighted by atomic mass is 9.91. The quantitative estimate of drug-likeness (QED) is 0.596. The normalized spacial score (nSPS) is 24.2. The van der Waals surface area contributed by atoms with Crippen LogP contribution >= 0.6 is 0 Å². The monoisotopic (exact) mass is 393 g/mol. The van der Waals surface area contributed by atoms with Crippen LogP contribution in [0.1, 0.15) is 49.8 Å². The number of nitrogens with one attached hydrogen (secondary N) is 2. The molecule has 3 atom stereocenters. The molecule has 1 aliphatic carbocycles. The van der Waals surface area contributed by atoms with Crippen molar-refractivity contribution in [3.63, 3.8) is 0 Å². The smallest absolute Gasteiger partial charge is 0.166 e. The Morgan fingerprint density at radius 3 is 2.97 bits per heavy atom. The molecule has 150 valence electrons. The van der Waals surface area contributed by atoms with Gasteiger partial charge in [-0.3, -0.25) is 0 Å². The lowest BCUT2D eigenvalue weighted by molar-refractivity contribution is 0.120. The highest BCUT2D eigenvalue weighted by molar-refractivity contribution is 5.74. The summed E-state index contributed by atoms with van der Waals surface area (Å²) in [6, 6.07) is 6.53. The highest BCUT2D eigenvalue weighted by Gasteiger charge is 2.29. The fourth-order valence-electron chi connectivity index (χ4n) is 4.29. The Labute approximate surface area is 168 Å². The molecule has 1 fully saturated rings. The number of anilines is 1. The van der Waals surface area contributed by atoms with Crippen molar-refractivity contribution in [1.82, 2.24) is 19.9 Å². The zero-order valence-corrected chi connectivity index (χ0v) is 16.4. The Morgan fingerprint density at radius 2 is 2.07 bits per heavy atom. The molecule has 0 saturated heterocycles. The number of benzene rings is 1. The molecule has 6 nitrogen and oxygen atoms in total. The van der Waals surface area contributed by atoms with Crippen LogP contribution in [0, 0.1) is 5.82 Å². The second-order valence-electron chi connectivity index (χ2n) is 7.86. The average Bonchev–Trinajstić information content (AvgIpc) is 3.13. The maximum absolute atomic E-state index is 14.1. The molecule has 3 aromatic rings. The number of hydrogen-bond acceptors (Lipinski definition) is 5. The van der Waals surface area contributed by atoms with Gasteiger partial charge in [-0.1, -0.05) is 13.0 Å². The van der Waals surface area contributed by atoms with Crippen LogP contribution in [-0.4, -0.2) is 26.7 Å². The van der Waals surface area contributed by atoms with E-state index in [0.717, 1.165) is 48.2 Å². The van der Waals surface area contributed by atoms with Crippen LogP contribution < -0.4 is 15.4 Å². The number of aromatic nitrogens is 3. The summed E-state index contributed by atoms with van der Waals surface area (Å²) in [6.07, 6.45) is 7.81. The number of ether oxygens (including phenoxy) is 1. The molecule has 0 spiro atoms. The Morgan fingerprint density at radius 1 is 1.21 bits per heavy atom. The summed E-state index contributed by atoms with van der Waals surface area (Å²) in [7, 11) is 0. The molecule has 2 bridgehead atoms. The van der Waals surface area contributed by atoms with Gasteiger partial charge in [0.05, 0.1) is 23.8 Å². The summed E-state index contributed by atoms with van der Waals surface area (Å²) >= 11 is 0. The van der Waals surface area contributed by atoms with Gasteiger partial charge in [0.15, 0.2) is 5.65 Å². The van der Waals surface area contributed by atoms with Crippen LogP contribution in [0.4, 0.5) is 10.2 Å². The van der Waals surface area contributed by atoms with E-state index in [2.05, 4.69) is 22.3 Å². The van der Waals surface area contributed by atoms with Crippen LogP contribution in [-0.2, 0) is 0 Å². The molecule has 0 radical (unpaired) electrons. The summed E-state index contributed by atoms with van der Waals surface area (Å²) in [5, 5.41) is 11.3. The lowest BCUT2D eigenvalue weighted by Gasteiger charge is -2.34. The summed E-state index contributed by atoms with van der Waals surface area (Å²) in [5.74, 6) is 1.11. The van der Waals surface area contributed by atoms with E-state index in [-0.39, 0.29) is 24.0 Å². The zero-order chi connectivity index (χ0) is 20.0. The Balaban J connectivity index is 1.64. The van der Waals surface area contributed by atoms with Gasteiger partial charge in [-0.05, 0) is 50.5 Å². The first-order valence-electron chi connectivity index (χ1n) is 10.1. The first-order valence-corrected chi connectivity index (χ1v) is 10.1. The van der Waals surface area contributed by atoms with Gasteiger partial charge in [-0.2, -0.15) is 5.10 Å². The van der Waals surface area contributed by atoms with Crippen molar-refractivity contribution < 1.29 is 9.13 Å². The predicted molar refractivity (Wildman–Crippen MR) is 110 cm³/mol. The SMILES string of the molecule is C=C1N[C@@H]2CCCC[C@@H]2Oc2ccc(F)cc2[C@@H](C)Nc2ccn3ncc1c3n2. The van der Waals surface area contributed by atoms with Gasteiger partial charge in [0, 0.05) is 17.5 Å². The van der Waals surface area contributed by atoms with E-state index >= 15 is 0 Å². The number of nitrogens with zero attached hydrogens (tertiary/aromatic N) is 3. The van der Waals surface area contributed by atoms with E-state index in [0.29, 0.717) is 11.6 Å². The zero-order valence-electron chi connectivity index (χ0n) is 16.4. The van der Waals surface area contributed by atoms with Crippen molar-refractivity contribution in [1.29, 1.82) is 0 Å². The van der Waals surface area contributed by atoms with Crippen molar-refractivity contribution in [2.75, 3.05) is 5.32 Å². The van der Waals surface area contributed by atoms with Crippen LogP contribution in [0.5, 0.6) is 5.75 Å². The molecule has 0 amide bonds. The van der Waals surface area contributed by atoms with Crippen molar-refractivity contribution >= 4 is 17.2 Å². The molecule has 0 unspecified atom stereocenters. The fourth-order valence-corrected chi connectivity index (χ4v) is 4.29. The molecule has 3 heterocycles. The minimum atomic E-state index is -0.279. The molecule has 1 aromatic carbocycles. The third kappa shape index (κ3) is 3.30. The molecule has 1 aliphatic heterocycles. The van der Waals surface area contributed by atoms with Gasteiger partial charge in [-0.15, -0.1) is 0 Å². The van der Waals surface area contributed by atoms with E-state index in [1.54, 1.807) is 22.8 Å². The largest absolute Gasteiger partial charge is 0.488 e. The molecule has 5 rings (SSSR count). The highest BCUT2D eigenvalue weighted by Crippen LogP contribution is 2.33. The van der Waals surface area contributed by atoms with Crippen molar-refractivity contribution in [2.24, 2.45) is 0 Å². The number of fused-ring (bicyclic) bond motifs is 3. The third-order valence-corrected chi connectivity index (χ3v) is 5.84. The second-order valence-corrected chi connectivity index (χ2v) is 7.86. The molecule has 2 N–H and O–H groups in total. The second kappa shape index (κ2) is 7.06. The van der Waals surface area contributed by atoms with Crippen LogP contribution in [0.3, 0.4) is 0 Å². The molecule has 2 aromatic heterocycles. The van der Waals surface area contributed by atoms with E-state index in [1.165, 1.54) is 6.07 Å². The Kier molecular flexibility index (Phi) is 4.38. The van der Waals surface area contributed by atoms with Crippen LogP contribution in [0.25, 0.3) is 11.3 Å². The summed E-state index contributed by atoms with van der Waals surface area (Å²) < 4.78 is 22.2. The van der Waals surface area contributed by atoms with Gasteiger partial charge < -0.3 is 15.4 Å². The van der Waals surface area contributed by atoms with Gasteiger partial charge >= 0.3 is 0 Å². The van der Waals surface area contributed by atoms with Crippen molar-refractivity contribution in [3.8, 4) is 5.75 Å². The number of rotatable bonds is 0. The lowest BCUT2D eigenvalue weighted by Crippen LogP contribution is -2.44. The van der Waals surface area contributed by atoms with E-state index in [4.69, 9.17) is 9.72 Å².